The van der Waals surface area contributed by atoms with Crippen molar-refractivity contribution in [2.45, 2.75) is 26.4 Å². The minimum absolute atomic E-state index is 0.0537. The third-order valence-corrected chi connectivity index (χ3v) is 3.73. The lowest BCUT2D eigenvalue weighted by Crippen LogP contribution is -2.36. The van der Waals surface area contributed by atoms with Gasteiger partial charge in [-0.25, -0.2) is 4.98 Å². The van der Waals surface area contributed by atoms with Crippen LogP contribution in [0.2, 0.25) is 0 Å². The monoisotopic (exact) mass is 338 g/mol. The number of hydrogen-bond donors (Lipinski definition) is 2. The average Bonchev–Trinajstić information content (AvgIpc) is 2.89. The summed E-state index contributed by atoms with van der Waals surface area (Å²) in [5, 5.41) is 12.5. The van der Waals surface area contributed by atoms with Crippen molar-refractivity contribution < 1.29 is 9.52 Å². The lowest BCUT2D eigenvalue weighted by Gasteiger charge is -2.18. The van der Waals surface area contributed by atoms with Crippen molar-refractivity contribution in [1.29, 1.82) is 0 Å². The van der Waals surface area contributed by atoms with Crippen LogP contribution >= 0.6 is 15.9 Å². The summed E-state index contributed by atoms with van der Waals surface area (Å²) < 4.78 is 6.75. The Morgan fingerprint density at radius 1 is 1.30 bits per heavy atom. The van der Waals surface area contributed by atoms with E-state index in [0.29, 0.717) is 18.4 Å². The number of aliphatic hydroxyl groups excluding tert-OH is 1. The predicted molar refractivity (Wildman–Crippen MR) is 82.2 cm³/mol. The third-order valence-electron chi connectivity index (χ3n) is 3.20. The number of nitrogens with one attached hydrogen (secondary N) is 1. The fraction of sp³-hybridized carbons (Fsp3) is 0.400. The molecule has 0 amide bonds. The number of oxazole rings is 1. The Hall–Kier alpha value is -1.17. The maximum atomic E-state index is 9.27. The maximum Gasteiger partial charge on any atom is 0.208 e. The van der Waals surface area contributed by atoms with Gasteiger partial charge in [0.2, 0.25) is 5.89 Å². The molecule has 1 aromatic carbocycles. The van der Waals surface area contributed by atoms with Crippen LogP contribution in [0.25, 0.3) is 11.3 Å². The van der Waals surface area contributed by atoms with E-state index in [1.54, 1.807) is 6.20 Å². The van der Waals surface area contributed by atoms with Crippen LogP contribution in [-0.2, 0) is 6.54 Å². The largest absolute Gasteiger partial charge is 0.439 e. The summed E-state index contributed by atoms with van der Waals surface area (Å²) >= 11 is 3.41. The Morgan fingerprint density at radius 2 is 2.00 bits per heavy atom. The predicted octanol–water partition coefficient (Wildman–Crippen LogP) is 3.21. The normalized spacial score (nSPS) is 12.8. The summed E-state index contributed by atoms with van der Waals surface area (Å²) in [5.74, 6) is 1.74. The van der Waals surface area contributed by atoms with Gasteiger partial charge in [-0.15, -0.1) is 0 Å². The highest BCUT2D eigenvalue weighted by Crippen LogP contribution is 2.22. The molecular weight excluding hydrogens is 320 g/mol. The van der Waals surface area contributed by atoms with Gasteiger partial charge in [0, 0.05) is 16.1 Å². The first-order chi connectivity index (χ1) is 9.60. The fourth-order valence-electron chi connectivity index (χ4n) is 1.87. The molecule has 0 radical (unpaired) electrons. The van der Waals surface area contributed by atoms with Gasteiger partial charge < -0.3 is 14.8 Å². The molecule has 0 aliphatic rings. The summed E-state index contributed by atoms with van der Waals surface area (Å²) in [7, 11) is 0. The molecule has 0 aliphatic carbocycles. The molecule has 20 heavy (non-hydrogen) atoms. The van der Waals surface area contributed by atoms with Crippen LogP contribution in [0.5, 0.6) is 0 Å². The molecule has 0 saturated heterocycles. The molecule has 0 fully saturated rings. The first-order valence-corrected chi connectivity index (χ1v) is 7.44. The number of rotatable bonds is 6. The summed E-state index contributed by atoms with van der Waals surface area (Å²) in [4.78, 5) is 4.26. The molecule has 4 nitrogen and oxygen atoms in total. The van der Waals surface area contributed by atoms with E-state index >= 15 is 0 Å². The van der Waals surface area contributed by atoms with Crippen LogP contribution in [0.1, 0.15) is 19.7 Å². The minimum Gasteiger partial charge on any atom is -0.439 e. The van der Waals surface area contributed by atoms with Crippen LogP contribution in [0.4, 0.5) is 0 Å². The maximum absolute atomic E-state index is 9.27. The van der Waals surface area contributed by atoms with Gasteiger partial charge in [-0.05, 0) is 18.1 Å². The van der Waals surface area contributed by atoms with Gasteiger partial charge in [0.1, 0.15) is 0 Å². The molecule has 1 heterocycles. The molecule has 1 aromatic heterocycles. The standard InChI is InChI=1S/C15H19BrN2O2/c1-10(2)13(9-19)17-8-15-18-7-14(20-15)11-3-5-12(16)6-4-11/h3-7,10,13,17,19H,8-9H2,1-2H3/t13-/m1/s1. The second-order valence-electron chi connectivity index (χ2n) is 5.04. The zero-order valence-electron chi connectivity index (χ0n) is 11.6. The molecule has 2 N–H and O–H groups in total. The van der Waals surface area contributed by atoms with Gasteiger partial charge in [0.05, 0.1) is 19.3 Å². The van der Waals surface area contributed by atoms with E-state index in [0.717, 1.165) is 15.8 Å². The fourth-order valence-corrected chi connectivity index (χ4v) is 2.13. The topological polar surface area (TPSA) is 58.3 Å². The van der Waals surface area contributed by atoms with E-state index in [2.05, 4.69) is 40.1 Å². The van der Waals surface area contributed by atoms with Crippen LogP contribution in [0, 0.1) is 5.92 Å². The molecule has 0 spiro atoms. The van der Waals surface area contributed by atoms with Crippen LogP contribution < -0.4 is 5.32 Å². The van der Waals surface area contributed by atoms with Crippen LogP contribution in [-0.4, -0.2) is 22.7 Å². The Bertz CT molecular complexity index is 537. The zero-order chi connectivity index (χ0) is 14.5. The highest BCUT2D eigenvalue weighted by molar-refractivity contribution is 9.10. The molecule has 5 heteroatoms. The molecule has 1 atom stereocenters. The molecule has 0 bridgehead atoms. The van der Waals surface area contributed by atoms with Crippen LogP contribution in [0.15, 0.2) is 39.4 Å². The second kappa shape index (κ2) is 7.02. The van der Waals surface area contributed by atoms with Gasteiger partial charge in [-0.1, -0.05) is 41.9 Å². The minimum atomic E-state index is 0.0537. The third kappa shape index (κ3) is 3.91. The highest BCUT2D eigenvalue weighted by atomic mass is 79.9. The number of benzene rings is 1. The molecule has 2 aromatic rings. The van der Waals surface area contributed by atoms with Gasteiger partial charge in [-0.3, -0.25) is 0 Å². The molecule has 0 saturated carbocycles. The summed E-state index contributed by atoms with van der Waals surface area (Å²) in [5.41, 5.74) is 0.995. The van der Waals surface area contributed by atoms with Crippen molar-refractivity contribution in [3.63, 3.8) is 0 Å². The number of aliphatic hydroxyl groups is 1. The van der Waals surface area contributed by atoms with Gasteiger partial charge in [0.25, 0.3) is 0 Å². The second-order valence-corrected chi connectivity index (χ2v) is 5.95. The molecular formula is C15H19BrN2O2. The van der Waals surface area contributed by atoms with E-state index in [-0.39, 0.29) is 12.6 Å². The quantitative estimate of drug-likeness (QED) is 0.849. The zero-order valence-corrected chi connectivity index (χ0v) is 13.2. The Balaban J connectivity index is 2.00. The molecule has 108 valence electrons. The lowest BCUT2D eigenvalue weighted by molar-refractivity contribution is 0.207. The first-order valence-electron chi connectivity index (χ1n) is 6.65. The van der Waals surface area contributed by atoms with E-state index in [1.807, 2.05) is 24.3 Å². The highest BCUT2D eigenvalue weighted by Gasteiger charge is 2.13. The smallest absolute Gasteiger partial charge is 0.208 e. The van der Waals surface area contributed by atoms with Crippen LogP contribution in [0.3, 0.4) is 0 Å². The van der Waals surface area contributed by atoms with E-state index < -0.39 is 0 Å². The average molecular weight is 339 g/mol. The Morgan fingerprint density at radius 3 is 2.60 bits per heavy atom. The SMILES string of the molecule is CC(C)[C@@H](CO)NCc1ncc(-c2ccc(Br)cc2)o1. The Labute approximate surface area is 127 Å². The van der Waals surface area contributed by atoms with Gasteiger partial charge in [0.15, 0.2) is 5.76 Å². The van der Waals surface area contributed by atoms with E-state index in [9.17, 15) is 5.11 Å². The summed E-state index contributed by atoms with van der Waals surface area (Å²) in [6.45, 7) is 4.76. The van der Waals surface area contributed by atoms with Crippen molar-refractivity contribution in [1.82, 2.24) is 10.3 Å². The molecule has 0 unspecified atom stereocenters. The molecule has 2 rings (SSSR count). The van der Waals surface area contributed by atoms with Crippen molar-refractivity contribution in [2.24, 2.45) is 5.92 Å². The number of aromatic nitrogens is 1. The van der Waals surface area contributed by atoms with Crippen molar-refractivity contribution >= 4 is 15.9 Å². The first kappa shape index (κ1) is 15.2. The molecule has 0 aliphatic heterocycles. The summed E-state index contributed by atoms with van der Waals surface area (Å²) in [6, 6.07) is 7.95. The van der Waals surface area contributed by atoms with Gasteiger partial charge >= 0.3 is 0 Å². The number of nitrogens with zero attached hydrogens (tertiary/aromatic N) is 1. The Kier molecular flexibility index (Phi) is 5.34. The number of hydrogen-bond acceptors (Lipinski definition) is 4. The van der Waals surface area contributed by atoms with Crippen molar-refractivity contribution in [3.8, 4) is 11.3 Å². The van der Waals surface area contributed by atoms with Gasteiger partial charge in [-0.2, -0.15) is 0 Å². The lowest BCUT2D eigenvalue weighted by atomic mass is 10.1. The summed E-state index contributed by atoms with van der Waals surface area (Å²) in [6.07, 6.45) is 1.73. The van der Waals surface area contributed by atoms with Crippen molar-refractivity contribution in [3.05, 3.63) is 40.8 Å². The van der Waals surface area contributed by atoms with E-state index in [4.69, 9.17) is 4.42 Å². The van der Waals surface area contributed by atoms with Crippen molar-refractivity contribution in [2.75, 3.05) is 6.61 Å². The van der Waals surface area contributed by atoms with E-state index in [1.165, 1.54) is 0 Å². The number of halogens is 1.